The standard InChI is InChI=1S/C19H18N2O3/c1-13-7-9-18(23-13)12-20-21-19(22)14(2)24-17-10-8-15-5-3-4-6-16(15)11-17/h3-12,14H,1-2H3,(H,21,22)/b20-12-/t14-/m1/s1. The Morgan fingerprint density at radius 1 is 1.17 bits per heavy atom. The van der Waals surface area contributed by atoms with Gasteiger partial charge in [-0.25, -0.2) is 5.43 Å². The fourth-order valence-electron chi connectivity index (χ4n) is 2.27. The van der Waals surface area contributed by atoms with E-state index in [0.29, 0.717) is 11.5 Å². The number of carbonyl (C=O) groups excluding carboxylic acids is 1. The van der Waals surface area contributed by atoms with Gasteiger partial charge in [0.05, 0.1) is 6.21 Å². The number of nitrogens with zero attached hydrogens (tertiary/aromatic N) is 1. The maximum atomic E-state index is 12.0. The fraction of sp³-hybridized carbons (Fsp3) is 0.158. The molecular formula is C19H18N2O3. The van der Waals surface area contributed by atoms with E-state index in [9.17, 15) is 4.79 Å². The van der Waals surface area contributed by atoms with Gasteiger partial charge in [-0.1, -0.05) is 30.3 Å². The quantitative estimate of drug-likeness (QED) is 0.576. The van der Waals surface area contributed by atoms with Crippen molar-refractivity contribution in [2.45, 2.75) is 20.0 Å². The average Bonchev–Trinajstić information content (AvgIpc) is 3.00. The molecule has 1 heterocycles. The van der Waals surface area contributed by atoms with E-state index in [1.807, 2.05) is 55.5 Å². The minimum absolute atomic E-state index is 0.331. The number of nitrogens with one attached hydrogen (secondary N) is 1. The zero-order chi connectivity index (χ0) is 16.9. The summed E-state index contributed by atoms with van der Waals surface area (Å²) in [5.41, 5.74) is 2.44. The molecule has 5 nitrogen and oxygen atoms in total. The first-order valence-electron chi connectivity index (χ1n) is 7.66. The molecule has 0 unspecified atom stereocenters. The van der Waals surface area contributed by atoms with E-state index >= 15 is 0 Å². The lowest BCUT2D eigenvalue weighted by atomic mass is 10.1. The molecule has 0 saturated carbocycles. The SMILES string of the molecule is Cc1ccc(/C=N\NC(=O)[C@@H](C)Oc2ccc3ccccc3c2)o1. The first-order valence-corrected chi connectivity index (χ1v) is 7.66. The summed E-state index contributed by atoms with van der Waals surface area (Å²) in [6.07, 6.45) is 0.787. The van der Waals surface area contributed by atoms with Crippen LogP contribution in [0.4, 0.5) is 0 Å². The number of amides is 1. The molecule has 1 atom stereocenters. The topological polar surface area (TPSA) is 63.8 Å². The number of hydrogen-bond acceptors (Lipinski definition) is 4. The summed E-state index contributed by atoms with van der Waals surface area (Å²) in [7, 11) is 0. The minimum Gasteiger partial charge on any atom is -0.481 e. The second-order valence-corrected chi connectivity index (χ2v) is 5.45. The molecule has 122 valence electrons. The Labute approximate surface area is 139 Å². The molecule has 5 heteroatoms. The van der Waals surface area contributed by atoms with E-state index in [0.717, 1.165) is 16.5 Å². The van der Waals surface area contributed by atoms with E-state index in [-0.39, 0.29) is 5.91 Å². The number of ether oxygens (including phenoxy) is 1. The van der Waals surface area contributed by atoms with E-state index < -0.39 is 6.10 Å². The highest BCUT2D eigenvalue weighted by atomic mass is 16.5. The molecule has 0 aliphatic heterocycles. The van der Waals surface area contributed by atoms with Gasteiger partial charge in [-0.15, -0.1) is 0 Å². The minimum atomic E-state index is -0.665. The third kappa shape index (κ3) is 3.81. The number of fused-ring (bicyclic) bond motifs is 1. The highest BCUT2D eigenvalue weighted by Crippen LogP contribution is 2.21. The third-order valence-corrected chi connectivity index (χ3v) is 3.53. The highest BCUT2D eigenvalue weighted by molar-refractivity contribution is 5.85. The smallest absolute Gasteiger partial charge is 0.280 e. The summed E-state index contributed by atoms with van der Waals surface area (Å²) >= 11 is 0. The van der Waals surface area contributed by atoms with Gasteiger partial charge in [-0.05, 0) is 48.9 Å². The van der Waals surface area contributed by atoms with Gasteiger partial charge < -0.3 is 9.15 Å². The van der Waals surface area contributed by atoms with Crippen LogP contribution in [0.15, 0.2) is 64.1 Å². The lowest BCUT2D eigenvalue weighted by Crippen LogP contribution is -2.33. The molecule has 0 fully saturated rings. The summed E-state index contributed by atoms with van der Waals surface area (Å²) < 4.78 is 11.0. The van der Waals surface area contributed by atoms with Crippen molar-refractivity contribution in [1.29, 1.82) is 0 Å². The molecule has 24 heavy (non-hydrogen) atoms. The van der Waals surface area contributed by atoms with Crippen molar-refractivity contribution < 1.29 is 13.9 Å². The lowest BCUT2D eigenvalue weighted by Gasteiger charge is -2.13. The first-order chi connectivity index (χ1) is 11.6. The van der Waals surface area contributed by atoms with Crippen LogP contribution in [-0.2, 0) is 4.79 Å². The number of aryl methyl sites for hydroxylation is 1. The van der Waals surface area contributed by atoms with Crippen molar-refractivity contribution in [3.05, 3.63) is 66.1 Å². The van der Waals surface area contributed by atoms with Gasteiger partial charge in [0.2, 0.25) is 0 Å². The number of rotatable bonds is 5. The van der Waals surface area contributed by atoms with Crippen molar-refractivity contribution in [2.75, 3.05) is 0 Å². The first kappa shape index (κ1) is 15.8. The maximum absolute atomic E-state index is 12.0. The molecule has 1 N–H and O–H groups in total. The van der Waals surface area contributed by atoms with Gasteiger partial charge in [0.25, 0.3) is 5.91 Å². The van der Waals surface area contributed by atoms with Crippen LogP contribution in [0.3, 0.4) is 0 Å². The van der Waals surface area contributed by atoms with Crippen LogP contribution in [0, 0.1) is 6.92 Å². The van der Waals surface area contributed by atoms with Crippen LogP contribution >= 0.6 is 0 Å². The van der Waals surface area contributed by atoms with Crippen LogP contribution in [0.1, 0.15) is 18.4 Å². The molecule has 1 amide bonds. The molecule has 3 rings (SSSR count). The van der Waals surface area contributed by atoms with Crippen molar-refractivity contribution in [3.63, 3.8) is 0 Å². The number of benzene rings is 2. The molecule has 3 aromatic rings. The predicted molar refractivity (Wildman–Crippen MR) is 93.2 cm³/mol. The Hall–Kier alpha value is -3.08. The van der Waals surface area contributed by atoms with Gasteiger partial charge in [-0.3, -0.25) is 4.79 Å². The summed E-state index contributed by atoms with van der Waals surface area (Å²) in [5.74, 6) is 1.68. The Balaban J connectivity index is 1.59. The molecule has 0 saturated heterocycles. The number of hydrogen-bond donors (Lipinski definition) is 1. The van der Waals surface area contributed by atoms with Crippen LogP contribution in [0.2, 0.25) is 0 Å². The third-order valence-electron chi connectivity index (χ3n) is 3.53. The van der Waals surface area contributed by atoms with Crippen molar-refractivity contribution in [2.24, 2.45) is 5.10 Å². The Morgan fingerprint density at radius 2 is 1.96 bits per heavy atom. The second-order valence-electron chi connectivity index (χ2n) is 5.45. The van der Waals surface area contributed by atoms with Gasteiger partial charge >= 0.3 is 0 Å². The average molecular weight is 322 g/mol. The predicted octanol–water partition coefficient (Wildman–Crippen LogP) is 3.66. The highest BCUT2D eigenvalue weighted by Gasteiger charge is 2.14. The maximum Gasteiger partial charge on any atom is 0.280 e. The fourth-order valence-corrected chi connectivity index (χ4v) is 2.27. The van der Waals surface area contributed by atoms with Crippen molar-refractivity contribution >= 4 is 22.9 Å². The lowest BCUT2D eigenvalue weighted by molar-refractivity contribution is -0.127. The summed E-state index contributed by atoms with van der Waals surface area (Å²) in [4.78, 5) is 12.0. The Bertz CT molecular complexity index is 883. The van der Waals surface area contributed by atoms with Crippen LogP contribution in [0.25, 0.3) is 10.8 Å². The zero-order valence-corrected chi connectivity index (χ0v) is 13.5. The molecule has 0 radical (unpaired) electrons. The monoisotopic (exact) mass is 322 g/mol. The van der Waals surface area contributed by atoms with Crippen LogP contribution in [0.5, 0.6) is 5.75 Å². The largest absolute Gasteiger partial charge is 0.481 e. The van der Waals surface area contributed by atoms with E-state index in [1.54, 1.807) is 13.0 Å². The second kappa shape index (κ2) is 7.00. The van der Waals surface area contributed by atoms with E-state index in [2.05, 4.69) is 10.5 Å². The van der Waals surface area contributed by atoms with Gasteiger partial charge in [0.1, 0.15) is 17.3 Å². The van der Waals surface area contributed by atoms with E-state index in [1.165, 1.54) is 6.21 Å². The molecule has 0 bridgehead atoms. The van der Waals surface area contributed by atoms with Crippen molar-refractivity contribution in [3.8, 4) is 5.75 Å². The van der Waals surface area contributed by atoms with E-state index in [4.69, 9.17) is 9.15 Å². The molecule has 1 aromatic heterocycles. The van der Waals surface area contributed by atoms with Crippen LogP contribution < -0.4 is 10.2 Å². The van der Waals surface area contributed by atoms with Crippen molar-refractivity contribution in [1.82, 2.24) is 5.43 Å². The molecule has 0 spiro atoms. The molecular weight excluding hydrogens is 304 g/mol. The zero-order valence-electron chi connectivity index (χ0n) is 13.5. The summed E-state index contributed by atoms with van der Waals surface area (Å²) in [6.45, 7) is 3.52. The summed E-state index contributed by atoms with van der Waals surface area (Å²) in [5, 5.41) is 6.06. The number of hydrazone groups is 1. The van der Waals surface area contributed by atoms with Gasteiger partial charge in [0, 0.05) is 0 Å². The van der Waals surface area contributed by atoms with Crippen LogP contribution in [-0.4, -0.2) is 18.2 Å². The van der Waals surface area contributed by atoms with Gasteiger partial charge in [0.15, 0.2) is 6.10 Å². The summed E-state index contributed by atoms with van der Waals surface area (Å²) in [6, 6.07) is 17.3. The Morgan fingerprint density at radius 3 is 2.71 bits per heavy atom. The Kier molecular flexibility index (Phi) is 4.61. The van der Waals surface area contributed by atoms with Gasteiger partial charge in [-0.2, -0.15) is 5.10 Å². The normalized spacial score (nSPS) is 12.4. The molecule has 2 aromatic carbocycles. The number of furan rings is 1. The molecule has 0 aliphatic carbocycles. The number of carbonyl (C=O) groups is 1. The molecule has 0 aliphatic rings.